The average molecular weight is 688 g/mol. The molecule has 7 nitrogen and oxygen atoms in total. The molecule has 0 saturated carbocycles. The molecule has 3 aromatic carbocycles. The van der Waals surface area contributed by atoms with Gasteiger partial charge in [-0.25, -0.2) is 8.42 Å². The number of halogens is 4. The van der Waals surface area contributed by atoms with Crippen LogP contribution in [0.3, 0.4) is 0 Å². The Morgan fingerprint density at radius 2 is 1.53 bits per heavy atom. The van der Waals surface area contributed by atoms with Gasteiger partial charge >= 0.3 is 0 Å². The number of amides is 2. The van der Waals surface area contributed by atoms with Crippen LogP contribution in [0, 0.1) is 5.92 Å². The van der Waals surface area contributed by atoms with E-state index in [0.717, 1.165) is 16.1 Å². The van der Waals surface area contributed by atoms with Crippen molar-refractivity contribution in [1.82, 2.24) is 10.2 Å². The minimum atomic E-state index is -3.75. The fourth-order valence-electron chi connectivity index (χ4n) is 4.47. The SMILES string of the molecule is CC(C)CNC(=O)[C@@H](Cc1ccccc1)N(Cc1ccc(Cl)cc1Cl)C(=O)CCCN(c1cc(Cl)ccc1Cl)S(C)(=O)=O. The molecular weight excluding hydrogens is 652 g/mol. The van der Waals surface area contributed by atoms with Crippen LogP contribution < -0.4 is 9.62 Å². The minimum Gasteiger partial charge on any atom is -0.354 e. The largest absolute Gasteiger partial charge is 0.354 e. The van der Waals surface area contributed by atoms with Gasteiger partial charge in [0.25, 0.3) is 0 Å². The lowest BCUT2D eigenvalue weighted by atomic mass is 10.0. The van der Waals surface area contributed by atoms with Crippen molar-refractivity contribution < 1.29 is 18.0 Å². The molecule has 0 saturated heterocycles. The summed E-state index contributed by atoms with van der Waals surface area (Å²) in [6.07, 6.45) is 1.45. The fourth-order valence-corrected chi connectivity index (χ4v) is 6.34. The van der Waals surface area contributed by atoms with Gasteiger partial charge in [0.1, 0.15) is 6.04 Å². The maximum atomic E-state index is 14.0. The van der Waals surface area contributed by atoms with Crippen molar-refractivity contribution in [2.24, 2.45) is 5.92 Å². The molecule has 0 unspecified atom stereocenters. The number of hydrogen-bond acceptors (Lipinski definition) is 4. The highest BCUT2D eigenvalue weighted by Gasteiger charge is 2.31. The average Bonchev–Trinajstić information content (AvgIpc) is 2.94. The van der Waals surface area contributed by atoms with Gasteiger partial charge in [-0.1, -0.05) is 96.6 Å². The minimum absolute atomic E-state index is 0.0247. The molecule has 0 aliphatic carbocycles. The van der Waals surface area contributed by atoms with E-state index in [1.165, 1.54) is 17.0 Å². The number of nitrogens with one attached hydrogen (secondary N) is 1. The molecule has 0 spiro atoms. The van der Waals surface area contributed by atoms with Crippen LogP contribution >= 0.6 is 46.4 Å². The molecule has 2 amide bonds. The summed E-state index contributed by atoms with van der Waals surface area (Å²) in [5.74, 6) is -0.423. The molecule has 0 aromatic heterocycles. The first kappa shape index (κ1) is 35.0. The van der Waals surface area contributed by atoms with Crippen molar-refractivity contribution in [3.8, 4) is 0 Å². The Hall–Kier alpha value is -2.49. The Bertz CT molecular complexity index is 1520. The first-order chi connectivity index (χ1) is 20.3. The van der Waals surface area contributed by atoms with Crippen molar-refractivity contribution in [3.63, 3.8) is 0 Å². The monoisotopic (exact) mass is 685 g/mol. The summed E-state index contributed by atoms with van der Waals surface area (Å²) in [4.78, 5) is 29.1. The molecule has 0 bridgehead atoms. The Morgan fingerprint density at radius 3 is 2.16 bits per heavy atom. The van der Waals surface area contributed by atoms with Crippen molar-refractivity contribution in [1.29, 1.82) is 0 Å². The summed E-state index contributed by atoms with van der Waals surface area (Å²) in [7, 11) is -3.75. The van der Waals surface area contributed by atoms with E-state index in [0.29, 0.717) is 27.2 Å². The first-order valence-electron chi connectivity index (χ1n) is 13.7. The Morgan fingerprint density at radius 1 is 0.884 bits per heavy atom. The van der Waals surface area contributed by atoms with Crippen molar-refractivity contribution in [2.75, 3.05) is 23.7 Å². The van der Waals surface area contributed by atoms with Gasteiger partial charge in [-0.05, 0) is 53.8 Å². The topological polar surface area (TPSA) is 86.8 Å². The number of benzene rings is 3. The fraction of sp³-hybridized carbons (Fsp3) is 0.355. The lowest BCUT2D eigenvalue weighted by Crippen LogP contribution is -2.51. The smallest absolute Gasteiger partial charge is 0.243 e. The second kappa shape index (κ2) is 16.0. The number of anilines is 1. The molecule has 43 heavy (non-hydrogen) atoms. The summed E-state index contributed by atoms with van der Waals surface area (Å²) in [6.45, 7) is 4.45. The van der Waals surface area contributed by atoms with Crippen LogP contribution in [-0.4, -0.2) is 50.5 Å². The first-order valence-corrected chi connectivity index (χ1v) is 17.1. The van der Waals surface area contributed by atoms with Crippen LogP contribution in [0.25, 0.3) is 0 Å². The molecule has 12 heteroatoms. The normalized spacial score (nSPS) is 12.2. The number of sulfonamides is 1. The number of carbonyl (C=O) groups is 2. The molecule has 0 heterocycles. The highest BCUT2D eigenvalue weighted by Crippen LogP contribution is 2.31. The number of carbonyl (C=O) groups excluding carboxylic acids is 2. The van der Waals surface area contributed by atoms with E-state index < -0.39 is 16.1 Å². The summed E-state index contributed by atoms with van der Waals surface area (Å²) in [5, 5.41) is 4.32. The molecule has 1 atom stereocenters. The van der Waals surface area contributed by atoms with E-state index in [1.807, 2.05) is 44.2 Å². The van der Waals surface area contributed by atoms with Crippen molar-refractivity contribution in [3.05, 3.63) is 97.9 Å². The molecule has 232 valence electrons. The highest BCUT2D eigenvalue weighted by molar-refractivity contribution is 7.92. The standard InChI is InChI=1S/C31H35Cl4N3O4S/c1-21(2)19-36-31(40)29(16-22-8-5-4-6-9-22)37(20-23-11-12-24(32)17-27(23)35)30(39)10-7-15-38(43(3,41)42)28-18-25(33)13-14-26(28)34/h4-6,8-9,11-14,17-18,21,29H,7,10,15-16,19-20H2,1-3H3,(H,36,40)/t29-/m1/s1. The Labute approximate surface area is 274 Å². The van der Waals surface area contributed by atoms with E-state index in [2.05, 4.69) is 5.32 Å². The third-order valence-electron chi connectivity index (χ3n) is 6.64. The second-order valence-corrected chi connectivity index (χ2v) is 14.2. The zero-order valence-corrected chi connectivity index (χ0v) is 28.0. The number of hydrogen-bond donors (Lipinski definition) is 1. The van der Waals surface area contributed by atoms with Crippen molar-refractivity contribution in [2.45, 2.75) is 45.7 Å². The Kier molecular flexibility index (Phi) is 13.0. The number of rotatable bonds is 14. The van der Waals surface area contributed by atoms with E-state index in [1.54, 1.807) is 24.3 Å². The van der Waals surface area contributed by atoms with Gasteiger partial charge in [0.2, 0.25) is 21.8 Å². The van der Waals surface area contributed by atoms with E-state index >= 15 is 0 Å². The third-order valence-corrected chi connectivity index (χ3v) is 8.96. The van der Waals surface area contributed by atoms with Crippen LogP contribution in [0.4, 0.5) is 5.69 Å². The van der Waals surface area contributed by atoms with Crippen LogP contribution in [0.15, 0.2) is 66.7 Å². The van der Waals surface area contributed by atoms with E-state index in [4.69, 9.17) is 46.4 Å². The summed E-state index contributed by atoms with van der Waals surface area (Å²) in [5.41, 5.74) is 1.73. The predicted molar refractivity (Wildman–Crippen MR) is 177 cm³/mol. The van der Waals surface area contributed by atoms with Crippen molar-refractivity contribution >= 4 is 73.9 Å². The Balaban J connectivity index is 1.93. The zero-order chi connectivity index (χ0) is 31.7. The van der Waals surface area contributed by atoms with E-state index in [-0.39, 0.29) is 60.8 Å². The second-order valence-electron chi connectivity index (χ2n) is 10.6. The molecule has 3 rings (SSSR count). The van der Waals surface area contributed by atoms with E-state index in [9.17, 15) is 18.0 Å². The molecule has 1 N–H and O–H groups in total. The van der Waals surface area contributed by atoms with Gasteiger partial charge in [0, 0.05) is 47.5 Å². The van der Waals surface area contributed by atoms with Crippen LogP contribution in [0.1, 0.15) is 37.8 Å². The van der Waals surface area contributed by atoms with Gasteiger partial charge in [0.15, 0.2) is 0 Å². The lowest BCUT2D eigenvalue weighted by molar-refractivity contribution is -0.141. The molecule has 0 aliphatic heterocycles. The summed E-state index contributed by atoms with van der Waals surface area (Å²) >= 11 is 25.0. The molecule has 0 fully saturated rings. The molecule has 0 radical (unpaired) electrons. The molecule has 3 aromatic rings. The van der Waals surface area contributed by atoms with Crippen LogP contribution in [-0.2, 0) is 32.6 Å². The van der Waals surface area contributed by atoms with Gasteiger partial charge in [-0.3, -0.25) is 13.9 Å². The lowest BCUT2D eigenvalue weighted by Gasteiger charge is -2.32. The molecular formula is C31H35Cl4N3O4S. The van der Waals surface area contributed by atoms with Crippen LogP contribution in [0.5, 0.6) is 0 Å². The highest BCUT2D eigenvalue weighted by atomic mass is 35.5. The van der Waals surface area contributed by atoms with Gasteiger partial charge < -0.3 is 10.2 Å². The van der Waals surface area contributed by atoms with Gasteiger partial charge in [0.05, 0.1) is 17.0 Å². The van der Waals surface area contributed by atoms with Crippen LogP contribution in [0.2, 0.25) is 20.1 Å². The summed E-state index contributed by atoms with van der Waals surface area (Å²) < 4.78 is 26.5. The zero-order valence-electron chi connectivity index (χ0n) is 24.2. The van der Waals surface area contributed by atoms with Gasteiger partial charge in [-0.15, -0.1) is 0 Å². The number of nitrogens with zero attached hydrogens (tertiary/aromatic N) is 2. The maximum Gasteiger partial charge on any atom is 0.243 e. The van der Waals surface area contributed by atoms with Gasteiger partial charge in [-0.2, -0.15) is 0 Å². The quantitative estimate of drug-likeness (QED) is 0.193. The third kappa shape index (κ3) is 10.6. The maximum absolute atomic E-state index is 14.0. The predicted octanol–water partition coefficient (Wildman–Crippen LogP) is 7.26. The molecule has 0 aliphatic rings. The summed E-state index contributed by atoms with van der Waals surface area (Å²) in [6, 6.07) is 18.1.